The fraction of sp³-hybridized carbons (Fsp3) is 0.692. The largest absolute Gasteiger partial charge is 0.317 e. The van der Waals surface area contributed by atoms with E-state index in [0.29, 0.717) is 0 Å². The maximum atomic E-state index is 4.55. The van der Waals surface area contributed by atoms with E-state index in [4.69, 9.17) is 0 Å². The monoisotopic (exact) mass is 251 g/mol. The second-order valence-electron chi connectivity index (χ2n) is 4.81. The normalized spacial score (nSPS) is 17.4. The van der Waals surface area contributed by atoms with Gasteiger partial charge < -0.3 is 5.32 Å². The summed E-state index contributed by atoms with van der Waals surface area (Å²) < 4.78 is 0. The first-order chi connectivity index (χ1) is 8.16. The van der Waals surface area contributed by atoms with E-state index in [1.165, 1.54) is 18.4 Å². The molecule has 94 valence electrons. The molecule has 1 aliphatic rings. The Kier molecular flexibility index (Phi) is 4.40. The zero-order valence-corrected chi connectivity index (χ0v) is 11.7. The lowest BCUT2D eigenvalue weighted by atomic mass is 10.0. The molecule has 2 rings (SSSR count). The molecule has 17 heavy (non-hydrogen) atoms. The van der Waals surface area contributed by atoms with Crippen LogP contribution >= 0.6 is 11.8 Å². The summed E-state index contributed by atoms with van der Waals surface area (Å²) >= 11 is 1.81. The molecule has 1 saturated heterocycles. The summed E-state index contributed by atoms with van der Waals surface area (Å²) in [5, 5.41) is 4.35. The summed E-state index contributed by atoms with van der Waals surface area (Å²) in [6.45, 7) is 8.55. The third kappa shape index (κ3) is 3.42. The van der Waals surface area contributed by atoms with Crippen LogP contribution in [0.5, 0.6) is 0 Å². The molecule has 0 unspecified atom stereocenters. The maximum Gasteiger partial charge on any atom is 0.188 e. The highest BCUT2D eigenvalue weighted by atomic mass is 32.2. The third-order valence-electron chi connectivity index (χ3n) is 3.52. The minimum atomic E-state index is 0.826. The molecule has 0 radical (unpaired) electrons. The highest BCUT2D eigenvalue weighted by Crippen LogP contribution is 2.23. The Morgan fingerprint density at radius 2 is 1.71 bits per heavy atom. The zero-order valence-electron chi connectivity index (χ0n) is 10.9. The second kappa shape index (κ2) is 5.83. The van der Waals surface area contributed by atoms with Crippen LogP contribution in [0.15, 0.2) is 5.16 Å². The van der Waals surface area contributed by atoms with Crippen LogP contribution in [-0.2, 0) is 0 Å². The zero-order chi connectivity index (χ0) is 12.3. The SMILES string of the molecule is Cc1nc(SCC2CCNCC2)nc(C)c1C. The fourth-order valence-corrected chi connectivity index (χ4v) is 3.17. The summed E-state index contributed by atoms with van der Waals surface area (Å²) in [6, 6.07) is 0. The molecule has 3 nitrogen and oxygen atoms in total. The van der Waals surface area contributed by atoms with Crippen molar-refractivity contribution < 1.29 is 0 Å². The lowest BCUT2D eigenvalue weighted by Gasteiger charge is -2.21. The van der Waals surface area contributed by atoms with Gasteiger partial charge in [-0.05, 0) is 58.2 Å². The molecule has 1 aromatic rings. The van der Waals surface area contributed by atoms with Crippen molar-refractivity contribution in [1.82, 2.24) is 15.3 Å². The predicted octanol–water partition coefficient (Wildman–Crippen LogP) is 2.49. The van der Waals surface area contributed by atoms with E-state index >= 15 is 0 Å². The van der Waals surface area contributed by atoms with Crippen molar-refractivity contribution in [3.8, 4) is 0 Å². The van der Waals surface area contributed by atoms with Crippen molar-refractivity contribution in [2.24, 2.45) is 5.92 Å². The highest BCUT2D eigenvalue weighted by Gasteiger charge is 2.14. The summed E-state index contributed by atoms with van der Waals surface area (Å²) in [5.41, 5.74) is 3.45. The van der Waals surface area contributed by atoms with Gasteiger partial charge >= 0.3 is 0 Å². The smallest absolute Gasteiger partial charge is 0.188 e. The van der Waals surface area contributed by atoms with Crippen molar-refractivity contribution in [2.75, 3.05) is 18.8 Å². The van der Waals surface area contributed by atoms with Gasteiger partial charge in [-0.25, -0.2) is 9.97 Å². The molecule has 0 aromatic carbocycles. The van der Waals surface area contributed by atoms with E-state index in [0.717, 1.165) is 41.3 Å². The molecule has 1 fully saturated rings. The van der Waals surface area contributed by atoms with Crippen LogP contribution in [0.3, 0.4) is 0 Å². The predicted molar refractivity (Wildman–Crippen MR) is 72.6 cm³/mol. The molecule has 0 atom stereocenters. The number of aryl methyl sites for hydroxylation is 2. The number of rotatable bonds is 3. The first-order valence-electron chi connectivity index (χ1n) is 6.32. The van der Waals surface area contributed by atoms with Gasteiger partial charge in [0.2, 0.25) is 0 Å². The molecule has 0 amide bonds. The lowest BCUT2D eigenvalue weighted by Crippen LogP contribution is -2.28. The topological polar surface area (TPSA) is 37.8 Å². The summed E-state index contributed by atoms with van der Waals surface area (Å²) in [7, 11) is 0. The lowest BCUT2D eigenvalue weighted by molar-refractivity contribution is 0.407. The third-order valence-corrected chi connectivity index (χ3v) is 4.60. The highest BCUT2D eigenvalue weighted by molar-refractivity contribution is 7.99. The van der Waals surface area contributed by atoms with Gasteiger partial charge in [0.25, 0.3) is 0 Å². The minimum Gasteiger partial charge on any atom is -0.317 e. The number of nitrogens with one attached hydrogen (secondary N) is 1. The van der Waals surface area contributed by atoms with Crippen molar-refractivity contribution >= 4 is 11.8 Å². The van der Waals surface area contributed by atoms with E-state index in [1.54, 1.807) is 0 Å². The van der Waals surface area contributed by atoms with E-state index in [1.807, 2.05) is 11.8 Å². The van der Waals surface area contributed by atoms with Crippen LogP contribution in [0.4, 0.5) is 0 Å². The Morgan fingerprint density at radius 1 is 1.12 bits per heavy atom. The number of aromatic nitrogens is 2. The Hall–Kier alpha value is -0.610. The van der Waals surface area contributed by atoms with E-state index < -0.39 is 0 Å². The molecule has 1 N–H and O–H groups in total. The molecule has 1 aromatic heterocycles. The van der Waals surface area contributed by atoms with Crippen LogP contribution in [0.1, 0.15) is 29.8 Å². The van der Waals surface area contributed by atoms with Crippen molar-refractivity contribution in [3.05, 3.63) is 17.0 Å². The van der Waals surface area contributed by atoms with Crippen LogP contribution in [0.25, 0.3) is 0 Å². The van der Waals surface area contributed by atoms with Gasteiger partial charge in [-0.1, -0.05) is 11.8 Å². The van der Waals surface area contributed by atoms with Gasteiger partial charge in [0.1, 0.15) is 0 Å². The van der Waals surface area contributed by atoms with Crippen molar-refractivity contribution in [1.29, 1.82) is 0 Å². The maximum absolute atomic E-state index is 4.55. The molecule has 0 saturated carbocycles. The van der Waals surface area contributed by atoms with Gasteiger partial charge in [-0.3, -0.25) is 0 Å². The molecular weight excluding hydrogens is 230 g/mol. The first kappa shape index (κ1) is 12.8. The standard InChI is InChI=1S/C13H21N3S/c1-9-10(2)15-13(16-11(9)3)17-8-12-4-6-14-7-5-12/h12,14H,4-8H2,1-3H3. The van der Waals surface area contributed by atoms with Crippen molar-refractivity contribution in [3.63, 3.8) is 0 Å². The van der Waals surface area contributed by atoms with Gasteiger partial charge in [0, 0.05) is 17.1 Å². The molecule has 2 heterocycles. The van der Waals surface area contributed by atoms with Crippen LogP contribution < -0.4 is 5.32 Å². The molecule has 0 aliphatic carbocycles. The second-order valence-corrected chi connectivity index (χ2v) is 5.79. The average molecular weight is 251 g/mol. The van der Waals surface area contributed by atoms with Gasteiger partial charge in [-0.2, -0.15) is 0 Å². The minimum absolute atomic E-state index is 0.826. The van der Waals surface area contributed by atoms with Crippen LogP contribution in [0, 0.1) is 26.7 Å². The Balaban J connectivity index is 1.94. The number of hydrogen-bond donors (Lipinski definition) is 1. The van der Waals surface area contributed by atoms with Gasteiger partial charge in [-0.15, -0.1) is 0 Å². The quantitative estimate of drug-likeness (QED) is 0.661. The molecular formula is C13H21N3S. The van der Waals surface area contributed by atoms with E-state index in [9.17, 15) is 0 Å². The van der Waals surface area contributed by atoms with Gasteiger partial charge in [0.15, 0.2) is 5.16 Å². The van der Waals surface area contributed by atoms with Crippen molar-refractivity contribution in [2.45, 2.75) is 38.8 Å². The van der Waals surface area contributed by atoms with E-state index in [2.05, 4.69) is 36.1 Å². The summed E-state index contributed by atoms with van der Waals surface area (Å²) in [5.74, 6) is 1.98. The summed E-state index contributed by atoms with van der Waals surface area (Å²) in [6.07, 6.45) is 2.58. The average Bonchev–Trinajstić information content (AvgIpc) is 2.34. The molecule has 0 bridgehead atoms. The van der Waals surface area contributed by atoms with Crippen LogP contribution in [0.2, 0.25) is 0 Å². The molecule has 0 spiro atoms. The first-order valence-corrected chi connectivity index (χ1v) is 7.30. The Labute approximate surface area is 108 Å². The molecule has 4 heteroatoms. The number of piperidine rings is 1. The number of nitrogens with zero attached hydrogens (tertiary/aromatic N) is 2. The van der Waals surface area contributed by atoms with Crippen LogP contribution in [-0.4, -0.2) is 28.8 Å². The van der Waals surface area contributed by atoms with Gasteiger partial charge in [0.05, 0.1) is 0 Å². The fourth-order valence-electron chi connectivity index (χ4n) is 2.05. The molecule has 1 aliphatic heterocycles. The number of thioether (sulfide) groups is 1. The summed E-state index contributed by atoms with van der Waals surface area (Å²) in [4.78, 5) is 9.11. The number of hydrogen-bond acceptors (Lipinski definition) is 4. The Morgan fingerprint density at radius 3 is 2.29 bits per heavy atom. The Bertz CT molecular complexity index is 363. The van der Waals surface area contributed by atoms with E-state index in [-0.39, 0.29) is 0 Å².